The summed E-state index contributed by atoms with van der Waals surface area (Å²) in [6.07, 6.45) is 1.02. The molecule has 0 aliphatic rings. The van der Waals surface area contributed by atoms with Crippen molar-refractivity contribution < 1.29 is 4.21 Å². The van der Waals surface area contributed by atoms with Crippen LogP contribution in [0.3, 0.4) is 0 Å². The number of hydrogen-bond donors (Lipinski definition) is 1. The van der Waals surface area contributed by atoms with Crippen LogP contribution in [-0.2, 0) is 23.0 Å². The van der Waals surface area contributed by atoms with Gasteiger partial charge in [-0.2, -0.15) is 0 Å². The molecule has 0 radical (unpaired) electrons. The minimum atomic E-state index is -0.944. The van der Waals surface area contributed by atoms with Crippen molar-refractivity contribution in [1.29, 1.82) is 0 Å². The summed E-state index contributed by atoms with van der Waals surface area (Å²) in [6.45, 7) is 4.18. The molecule has 0 bridgehead atoms. The number of hydrogen-bond acceptors (Lipinski definition) is 2. The Hall–Kier alpha value is -1.45. The SMILES string of the molecule is CCc1ccc(C(N)CS(=O)Cc2ccccc2C)cc1. The molecule has 0 saturated carbocycles. The van der Waals surface area contributed by atoms with E-state index in [1.54, 1.807) is 0 Å². The third-order valence-corrected chi connectivity index (χ3v) is 5.12. The summed E-state index contributed by atoms with van der Waals surface area (Å²) in [6, 6.07) is 16.2. The van der Waals surface area contributed by atoms with Crippen LogP contribution in [0.5, 0.6) is 0 Å². The Morgan fingerprint density at radius 1 is 1.10 bits per heavy atom. The Labute approximate surface area is 129 Å². The molecule has 0 heterocycles. The first-order valence-corrected chi connectivity index (χ1v) is 8.83. The Kier molecular flexibility index (Phi) is 5.71. The molecule has 0 aliphatic carbocycles. The molecule has 21 heavy (non-hydrogen) atoms. The molecular formula is C18H23NOS. The van der Waals surface area contributed by atoms with E-state index in [2.05, 4.69) is 44.2 Å². The van der Waals surface area contributed by atoms with Crippen LogP contribution in [-0.4, -0.2) is 9.96 Å². The van der Waals surface area contributed by atoms with E-state index in [4.69, 9.17) is 5.73 Å². The molecule has 112 valence electrons. The fourth-order valence-corrected chi connectivity index (χ4v) is 3.68. The number of aryl methyl sites for hydroxylation is 2. The standard InChI is InChI=1S/C18H23NOS/c1-3-15-8-10-16(11-9-15)18(19)13-21(20)12-17-7-5-4-6-14(17)2/h4-11,18H,3,12-13,19H2,1-2H3. The van der Waals surface area contributed by atoms with E-state index in [1.807, 2.05) is 18.2 Å². The average molecular weight is 301 g/mol. The van der Waals surface area contributed by atoms with Crippen molar-refractivity contribution in [3.05, 3.63) is 70.8 Å². The summed E-state index contributed by atoms with van der Waals surface area (Å²) in [5, 5.41) is 0. The highest BCUT2D eigenvalue weighted by molar-refractivity contribution is 7.84. The van der Waals surface area contributed by atoms with Gasteiger partial charge in [0.1, 0.15) is 0 Å². The molecule has 2 rings (SSSR count). The predicted molar refractivity (Wildman–Crippen MR) is 90.6 cm³/mol. The van der Waals surface area contributed by atoms with Gasteiger partial charge < -0.3 is 5.73 Å². The molecule has 2 atom stereocenters. The van der Waals surface area contributed by atoms with E-state index in [9.17, 15) is 4.21 Å². The van der Waals surface area contributed by atoms with Crippen molar-refractivity contribution in [2.45, 2.75) is 32.1 Å². The molecule has 0 fully saturated rings. The molecule has 0 aliphatic heterocycles. The van der Waals surface area contributed by atoms with E-state index in [1.165, 1.54) is 11.1 Å². The maximum absolute atomic E-state index is 12.3. The molecule has 2 N–H and O–H groups in total. The number of rotatable bonds is 6. The number of benzene rings is 2. The third-order valence-electron chi connectivity index (χ3n) is 3.76. The summed E-state index contributed by atoms with van der Waals surface area (Å²) >= 11 is 0. The first-order chi connectivity index (χ1) is 10.1. The maximum atomic E-state index is 12.3. The van der Waals surface area contributed by atoms with Crippen LogP contribution >= 0.6 is 0 Å². The van der Waals surface area contributed by atoms with Crippen LogP contribution in [0, 0.1) is 6.92 Å². The van der Waals surface area contributed by atoms with Gasteiger partial charge in [-0.1, -0.05) is 55.5 Å². The van der Waals surface area contributed by atoms with Crippen molar-refractivity contribution in [3.63, 3.8) is 0 Å². The summed E-state index contributed by atoms with van der Waals surface area (Å²) in [5.74, 6) is 1.08. The van der Waals surface area contributed by atoms with Crippen molar-refractivity contribution in [2.75, 3.05) is 5.75 Å². The zero-order chi connectivity index (χ0) is 15.2. The van der Waals surface area contributed by atoms with Crippen LogP contribution in [0.1, 0.15) is 35.2 Å². The molecule has 0 aromatic heterocycles. The molecule has 0 spiro atoms. The van der Waals surface area contributed by atoms with Gasteiger partial charge >= 0.3 is 0 Å². The highest BCUT2D eigenvalue weighted by Gasteiger charge is 2.12. The van der Waals surface area contributed by atoms with E-state index >= 15 is 0 Å². The van der Waals surface area contributed by atoms with Crippen molar-refractivity contribution in [3.8, 4) is 0 Å². The van der Waals surface area contributed by atoms with E-state index in [0.29, 0.717) is 11.5 Å². The van der Waals surface area contributed by atoms with Gasteiger partial charge in [0.05, 0.1) is 0 Å². The second-order valence-electron chi connectivity index (χ2n) is 5.38. The van der Waals surface area contributed by atoms with Crippen LogP contribution in [0.25, 0.3) is 0 Å². The zero-order valence-electron chi connectivity index (χ0n) is 12.7. The maximum Gasteiger partial charge on any atom is 0.0489 e. The molecular weight excluding hydrogens is 278 g/mol. The van der Waals surface area contributed by atoms with Gasteiger partial charge in [0.15, 0.2) is 0 Å². The van der Waals surface area contributed by atoms with Gasteiger partial charge in [-0.15, -0.1) is 0 Å². The first kappa shape index (κ1) is 15.9. The molecule has 0 saturated heterocycles. The lowest BCUT2D eigenvalue weighted by atomic mass is 10.1. The predicted octanol–water partition coefficient (Wildman–Crippen LogP) is 3.51. The van der Waals surface area contributed by atoms with Gasteiger partial charge in [0.2, 0.25) is 0 Å². The lowest BCUT2D eigenvalue weighted by molar-refractivity contribution is 0.674. The van der Waals surface area contributed by atoms with Crippen molar-refractivity contribution in [1.82, 2.24) is 0 Å². The molecule has 2 aromatic carbocycles. The van der Waals surface area contributed by atoms with E-state index < -0.39 is 10.8 Å². The normalized spacial score (nSPS) is 13.9. The van der Waals surface area contributed by atoms with Crippen LogP contribution in [0.15, 0.2) is 48.5 Å². The molecule has 2 nitrogen and oxygen atoms in total. The third kappa shape index (κ3) is 4.51. The van der Waals surface area contributed by atoms with Crippen LogP contribution < -0.4 is 5.73 Å². The fraction of sp³-hybridized carbons (Fsp3) is 0.333. The second kappa shape index (κ2) is 7.53. The Morgan fingerprint density at radius 3 is 2.38 bits per heavy atom. The molecule has 2 aromatic rings. The first-order valence-electron chi connectivity index (χ1n) is 7.34. The van der Waals surface area contributed by atoms with Crippen molar-refractivity contribution in [2.24, 2.45) is 5.73 Å². The number of nitrogens with two attached hydrogens (primary N) is 1. The van der Waals surface area contributed by atoms with Gasteiger partial charge in [-0.25, -0.2) is 0 Å². The molecule has 2 unspecified atom stereocenters. The highest BCUT2D eigenvalue weighted by atomic mass is 32.2. The second-order valence-corrected chi connectivity index (χ2v) is 6.88. The fourth-order valence-electron chi connectivity index (χ4n) is 2.30. The van der Waals surface area contributed by atoms with Crippen molar-refractivity contribution >= 4 is 10.8 Å². The van der Waals surface area contributed by atoms with Gasteiger partial charge in [-0.05, 0) is 35.6 Å². The largest absolute Gasteiger partial charge is 0.323 e. The van der Waals surface area contributed by atoms with Gasteiger partial charge in [0, 0.05) is 28.3 Å². The van der Waals surface area contributed by atoms with E-state index in [0.717, 1.165) is 17.5 Å². The van der Waals surface area contributed by atoms with Crippen LogP contribution in [0.4, 0.5) is 0 Å². The summed E-state index contributed by atoms with van der Waals surface area (Å²) in [5.41, 5.74) is 10.9. The highest BCUT2D eigenvalue weighted by Crippen LogP contribution is 2.16. The topological polar surface area (TPSA) is 43.1 Å². The average Bonchev–Trinajstić information content (AvgIpc) is 2.49. The summed E-state index contributed by atoms with van der Waals surface area (Å²) in [4.78, 5) is 0. The lowest BCUT2D eigenvalue weighted by Crippen LogP contribution is -2.19. The smallest absolute Gasteiger partial charge is 0.0489 e. The van der Waals surface area contributed by atoms with Gasteiger partial charge in [0.25, 0.3) is 0 Å². The molecule has 3 heteroatoms. The Balaban J connectivity index is 1.97. The van der Waals surface area contributed by atoms with Crippen LogP contribution in [0.2, 0.25) is 0 Å². The zero-order valence-corrected chi connectivity index (χ0v) is 13.5. The minimum Gasteiger partial charge on any atom is -0.323 e. The Bertz CT molecular complexity index is 607. The summed E-state index contributed by atoms with van der Waals surface area (Å²) < 4.78 is 12.3. The monoisotopic (exact) mass is 301 g/mol. The quantitative estimate of drug-likeness (QED) is 0.887. The minimum absolute atomic E-state index is 0.166. The van der Waals surface area contributed by atoms with E-state index in [-0.39, 0.29) is 6.04 Å². The lowest BCUT2D eigenvalue weighted by Gasteiger charge is -2.13. The van der Waals surface area contributed by atoms with Gasteiger partial charge in [-0.3, -0.25) is 4.21 Å². The Morgan fingerprint density at radius 2 is 1.76 bits per heavy atom. The summed E-state index contributed by atoms with van der Waals surface area (Å²) in [7, 11) is -0.944. The molecule has 0 amide bonds.